The van der Waals surface area contributed by atoms with Crippen molar-refractivity contribution in [1.82, 2.24) is 12.3 Å². The molecule has 0 aliphatic rings. The summed E-state index contributed by atoms with van der Waals surface area (Å²) in [6.07, 6.45) is 0. The molecule has 0 aliphatic heterocycles. The summed E-state index contributed by atoms with van der Waals surface area (Å²) in [6.45, 7) is 0. The number of benzene rings is 1. The Kier molecular flexibility index (Phi) is 3.77. The van der Waals surface area contributed by atoms with Gasteiger partial charge in [0.25, 0.3) is 0 Å². The summed E-state index contributed by atoms with van der Waals surface area (Å²) in [7, 11) is -10.7. The van der Waals surface area contributed by atoms with E-state index in [0.717, 1.165) is 16.1 Å². The number of halogens is 7. The molecule has 1 aromatic heterocycles. The number of nitrogens with zero attached hydrogens (tertiary/aromatic N) is 3. The van der Waals surface area contributed by atoms with Gasteiger partial charge >= 0.3 is 121 Å². The molecule has 0 aliphatic carbocycles. The quantitative estimate of drug-likeness (QED) is 0.359. The topological polar surface area (TPSA) is 30.7 Å². The summed E-state index contributed by atoms with van der Waals surface area (Å²) in [5.41, 5.74) is 1.95. The first kappa shape index (κ1) is 16.0. The van der Waals surface area contributed by atoms with E-state index in [9.17, 15) is 25.2 Å². The molecular weight excluding hydrogens is 533 g/mol. The van der Waals surface area contributed by atoms with Gasteiger partial charge in [-0.15, -0.1) is 0 Å². The summed E-state index contributed by atoms with van der Waals surface area (Å²) >= 11 is 6.43. The van der Waals surface area contributed by atoms with Crippen molar-refractivity contribution in [2.24, 2.45) is 0 Å². The van der Waals surface area contributed by atoms with Crippen LogP contribution in [0.15, 0.2) is 18.2 Å². The zero-order valence-electron chi connectivity index (χ0n) is 8.17. The Morgan fingerprint density at radius 1 is 1.11 bits per heavy atom. The summed E-state index contributed by atoms with van der Waals surface area (Å²) < 4.78 is 61.1. The minimum atomic E-state index is -10.7. The van der Waals surface area contributed by atoms with Crippen molar-refractivity contribution in [1.29, 1.82) is 0 Å². The van der Waals surface area contributed by atoms with E-state index in [-0.39, 0.29) is 0 Å². The monoisotopic (exact) mass is 535 g/mol. The Balaban J connectivity index is 0.000000203. The summed E-state index contributed by atoms with van der Waals surface area (Å²) in [6, 6.07) is 5.59. The van der Waals surface area contributed by atoms with Crippen molar-refractivity contribution < 1.29 is 54.9 Å². The average molecular weight is 536 g/mol. The molecule has 0 N–H and O–H groups in total. The van der Waals surface area contributed by atoms with Crippen LogP contribution in [-0.2, 0) is 0 Å². The standard InChI is InChI=1S/C6H3ClN3.F6P.U/c7-4-1-2-5-6(3-4)9-10-8-5;1-7(2,3,4,5)6;/h1-3H;;/q2*-1;+1. The molecule has 0 saturated carbocycles. The molecule has 2 rings (SSSR count). The van der Waals surface area contributed by atoms with E-state index in [1.165, 1.54) is 0 Å². The molecule has 1 heterocycles. The van der Waals surface area contributed by atoms with Gasteiger partial charge in [0, 0.05) is 0 Å². The fourth-order valence-electron chi connectivity index (χ4n) is 0.892. The molecule has 12 heteroatoms. The van der Waals surface area contributed by atoms with Crippen LogP contribution >= 0.6 is 19.4 Å². The van der Waals surface area contributed by atoms with Crippen LogP contribution < -0.4 is 0 Å². The van der Waals surface area contributed by atoms with Crippen LogP contribution in [0.25, 0.3) is 11.0 Å². The van der Waals surface area contributed by atoms with Gasteiger partial charge in [0.05, 0.1) is 0 Å². The third-order valence-electron chi connectivity index (χ3n) is 1.41. The van der Waals surface area contributed by atoms with Crippen molar-refractivity contribution in [3.8, 4) is 0 Å². The number of fused-ring (bicyclic) bond motifs is 1. The van der Waals surface area contributed by atoms with Crippen LogP contribution in [0.3, 0.4) is 0 Å². The van der Waals surface area contributed by atoms with Crippen molar-refractivity contribution in [2.75, 3.05) is 0 Å². The Morgan fingerprint density at radius 2 is 1.61 bits per heavy atom. The third kappa shape index (κ3) is 7.42. The van der Waals surface area contributed by atoms with Gasteiger partial charge in [0.1, 0.15) is 0 Å². The zero-order valence-corrected chi connectivity index (χ0v) is 14.0. The Bertz CT molecular complexity index is 570. The molecule has 0 unspecified atom stereocenters. The molecule has 18 heavy (non-hydrogen) atoms. The SMILES string of the molecule is Clc1ccc2nn[n]([U])c2c1.F[P-](F)(F)(F)(F)F. The van der Waals surface area contributed by atoms with Gasteiger partial charge in [-0.1, -0.05) is 0 Å². The number of aromatic nitrogens is 3. The molecule has 0 saturated heterocycles. The van der Waals surface area contributed by atoms with Gasteiger partial charge in [-0.2, -0.15) is 0 Å². The van der Waals surface area contributed by atoms with E-state index in [0.29, 0.717) is 29.7 Å². The molecule has 0 amide bonds. The molecule has 0 atom stereocenters. The van der Waals surface area contributed by atoms with Gasteiger partial charge < -0.3 is 0 Å². The fourth-order valence-corrected chi connectivity index (χ4v) is 1.99. The first-order valence-corrected chi connectivity index (χ1v) is 8.28. The Labute approximate surface area is 120 Å². The van der Waals surface area contributed by atoms with E-state index in [1.807, 2.05) is 20.2 Å². The maximum atomic E-state index is 9.87. The van der Waals surface area contributed by atoms with E-state index in [1.54, 1.807) is 0 Å². The van der Waals surface area contributed by atoms with Crippen LogP contribution in [0.2, 0.25) is 5.02 Å². The minimum absolute atomic E-state index is 0.630. The molecule has 0 bridgehead atoms. The molecule has 1 aromatic carbocycles. The maximum absolute atomic E-state index is 10.7. The third-order valence-corrected chi connectivity index (χ3v) is 3.02. The van der Waals surface area contributed by atoms with Crippen molar-refractivity contribution in [3.05, 3.63) is 23.2 Å². The molecule has 0 spiro atoms. The first-order valence-electron chi connectivity index (χ1n) is 4.01. The number of hydrogen-bond acceptors (Lipinski definition) is 2. The average Bonchev–Trinajstić information content (AvgIpc) is 2.42. The Morgan fingerprint density at radius 3 is 2.11 bits per heavy atom. The fraction of sp³-hybridized carbons (Fsp3) is 0. The summed E-state index contributed by atoms with van der Waals surface area (Å²) in [5, 5.41) is 8.61. The second kappa shape index (κ2) is 4.24. The van der Waals surface area contributed by atoms with Crippen molar-refractivity contribution in [3.63, 3.8) is 0 Å². The van der Waals surface area contributed by atoms with Crippen molar-refractivity contribution in [2.45, 2.75) is 0 Å². The second-order valence-corrected chi connectivity index (χ2v) is 7.21. The summed E-state index contributed by atoms with van der Waals surface area (Å²) in [4.78, 5) is 0. The first-order chi connectivity index (χ1) is 7.72. The second-order valence-electron chi connectivity index (χ2n) is 3.09. The molecule has 0 fully saturated rings. The van der Waals surface area contributed by atoms with Gasteiger partial charge in [-0.25, -0.2) is 0 Å². The van der Waals surface area contributed by atoms with E-state index < -0.39 is 7.81 Å². The van der Waals surface area contributed by atoms with Crippen LogP contribution in [0.1, 0.15) is 0 Å². The van der Waals surface area contributed by atoms with Crippen LogP contribution in [0.5, 0.6) is 0 Å². The van der Waals surface area contributed by atoms with Gasteiger partial charge in [-0.05, 0) is 0 Å². The predicted molar refractivity (Wildman–Crippen MR) is 51.5 cm³/mol. The molecule has 2 aromatic rings. The van der Waals surface area contributed by atoms with Crippen LogP contribution in [0.4, 0.5) is 25.2 Å². The predicted octanol–water partition coefficient (Wildman–Crippen LogP) is 4.78. The number of hydrogen-bond donors (Lipinski definition) is 0. The molecule has 3 nitrogen and oxygen atoms in total. The van der Waals surface area contributed by atoms with Gasteiger partial charge in [0.15, 0.2) is 0 Å². The van der Waals surface area contributed by atoms with Crippen LogP contribution in [-0.4, -0.2) is 12.3 Å². The molecular formula is C6H3ClF6N3PU-. The normalized spacial score (nSPS) is 15.6. The summed E-state index contributed by atoms with van der Waals surface area (Å²) in [5.74, 6) is 0. The van der Waals surface area contributed by atoms with Gasteiger partial charge in [0.2, 0.25) is 0 Å². The molecule has 101 valence electrons. The van der Waals surface area contributed by atoms with E-state index in [2.05, 4.69) is 10.3 Å². The zero-order chi connectivity index (χ0) is 14.3. The number of rotatable bonds is 0. The Hall–Kier alpha value is -0.0281. The van der Waals surface area contributed by atoms with Gasteiger partial charge in [-0.3, -0.25) is 0 Å². The van der Waals surface area contributed by atoms with Crippen molar-refractivity contribution >= 4 is 30.4 Å². The van der Waals surface area contributed by atoms with E-state index in [4.69, 9.17) is 11.6 Å². The van der Waals surface area contributed by atoms with Crippen LogP contribution in [0, 0.1) is 29.7 Å². The molecule has 0 radical (unpaired) electrons. The van der Waals surface area contributed by atoms with E-state index >= 15 is 0 Å².